The number of ketones is 1. The Morgan fingerprint density at radius 1 is 1.62 bits per heavy atom. The van der Waals surface area contributed by atoms with Gasteiger partial charge in [0.2, 0.25) is 0 Å². The summed E-state index contributed by atoms with van der Waals surface area (Å²) in [6.07, 6.45) is 0. The van der Waals surface area contributed by atoms with Gasteiger partial charge < -0.3 is 4.74 Å². The Labute approximate surface area is 86.8 Å². The smallest absolute Gasteiger partial charge is 0.177 e. The van der Waals surface area contributed by atoms with Crippen LogP contribution in [0.4, 0.5) is 0 Å². The maximum atomic E-state index is 11.4. The molecule has 0 aromatic heterocycles. The Morgan fingerprint density at radius 3 is 2.85 bits per heavy atom. The zero-order valence-corrected chi connectivity index (χ0v) is 9.22. The van der Waals surface area contributed by atoms with Gasteiger partial charge in [-0.1, -0.05) is 27.5 Å². The summed E-state index contributed by atoms with van der Waals surface area (Å²) >= 11 is 3.13. The number of hydrogen-bond acceptors (Lipinski definition) is 2. The van der Waals surface area contributed by atoms with Gasteiger partial charge >= 0.3 is 0 Å². The van der Waals surface area contributed by atoms with Gasteiger partial charge in [-0.25, -0.2) is 0 Å². The van der Waals surface area contributed by atoms with Crippen molar-refractivity contribution in [1.29, 1.82) is 0 Å². The average molecular weight is 241 g/mol. The lowest BCUT2D eigenvalue weighted by Gasteiger charge is -2.06. The van der Waals surface area contributed by atoms with E-state index < -0.39 is 0 Å². The molecule has 0 spiro atoms. The quantitative estimate of drug-likeness (QED) is 0.438. The zero-order valence-electron chi connectivity index (χ0n) is 7.63. The van der Waals surface area contributed by atoms with Gasteiger partial charge in [-0.3, -0.25) is 4.79 Å². The second-order valence-electron chi connectivity index (χ2n) is 2.76. The van der Waals surface area contributed by atoms with Crippen LogP contribution in [0.3, 0.4) is 0 Å². The molecule has 1 rings (SSSR count). The minimum Gasteiger partial charge on any atom is -0.496 e. The third-order valence-electron chi connectivity index (χ3n) is 1.78. The molecule has 0 saturated carbocycles. The number of alkyl halides is 1. The summed E-state index contributed by atoms with van der Waals surface area (Å²) < 4.78 is 5.11. The van der Waals surface area contributed by atoms with Crippen molar-refractivity contribution in [3.05, 3.63) is 23.8 Å². The standard InChI is InChI=1S/C9H10BBrO2/c1-13-9-4-6(10)2-3-7(9)8(12)5-11/h2-4H,5,10H2,1H3. The number of halogens is 1. The largest absolute Gasteiger partial charge is 0.496 e. The van der Waals surface area contributed by atoms with E-state index in [1.807, 2.05) is 20.0 Å². The fraction of sp³-hybridized carbons (Fsp3) is 0.222. The van der Waals surface area contributed by atoms with Crippen molar-refractivity contribution in [1.82, 2.24) is 0 Å². The molecule has 0 aliphatic rings. The Balaban J connectivity index is 3.13. The van der Waals surface area contributed by atoms with E-state index in [-0.39, 0.29) is 5.78 Å². The van der Waals surface area contributed by atoms with Crippen LogP contribution in [-0.2, 0) is 0 Å². The van der Waals surface area contributed by atoms with E-state index in [1.165, 1.54) is 0 Å². The fourth-order valence-electron chi connectivity index (χ4n) is 1.10. The highest BCUT2D eigenvalue weighted by Crippen LogP contribution is 2.17. The molecular formula is C9H10BBrO2. The van der Waals surface area contributed by atoms with E-state index in [0.29, 0.717) is 16.6 Å². The van der Waals surface area contributed by atoms with Crippen molar-refractivity contribution in [2.24, 2.45) is 0 Å². The van der Waals surface area contributed by atoms with E-state index >= 15 is 0 Å². The second kappa shape index (κ2) is 4.47. The first-order chi connectivity index (χ1) is 6.19. The fourth-order valence-corrected chi connectivity index (χ4v) is 1.40. The highest BCUT2D eigenvalue weighted by molar-refractivity contribution is 9.09. The first-order valence-corrected chi connectivity index (χ1v) is 5.05. The highest BCUT2D eigenvalue weighted by atomic mass is 79.9. The number of Topliss-reactive ketones (excluding diaryl/α,β-unsaturated/α-hetero) is 1. The molecule has 0 heterocycles. The normalized spacial score (nSPS) is 9.69. The monoisotopic (exact) mass is 240 g/mol. The minimum absolute atomic E-state index is 0.0388. The first kappa shape index (κ1) is 10.3. The van der Waals surface area contributed by atoms with Gasteiger partial charge in [0.15, 0.2) is 5.78 Å². The van der Waals surface area contributed by atoms with Crippen LogP contribution in [0.1, 0.15) is 10.4 Å². The SMILES string of the molecule is Bc1ccc(C(=O)CBr)c(OC)c1. The van der Waals surface area contributed by atoms with Gasteiger partial charge in [-0.15, -0.1) is 0 Å². The average Bonchev–Trinajstić information content (AvgIpc) is 2.16. The van der Waals surface area contributed by atoms with Crippen molar-refractivity contribution >= 4 is 35.0 Å². The van der Waals surface area contributed by atoms with Crippen LogP contribution < -0.4 is 10.2 Å². The molecule has 0 aliphatic carbocycles. The van der Waals surface area contributed by atoms with E-state index in [2.05, 4.69) is 15.9 Å². The topological polar surface area (TPSA) is 26.3 Å². The lowest BCUT2D eigenvalue weighted by molar-refractivity contribution is 0.102. The van der Waals surface area contributed by atoms with Crippen molar-refractivity contribution in [3.8, 4) is 5.75 Å². The van der Waals surface area contributed by atoms with Gasteiger partial charge in [0, 0.05) is 0 Å². The molecule has 0 N–H and O–H groups in total. The number of hydrogen-bond donors (Lipinski definition) is 0. The summed E-state index contributed by atoms with van der Waals surface area (Å²) in [5.74, 6) is 0.682. The summed E-state index contributed by atoms with van der Waals surface area (Å²) in [7, 11) is 3.53. The number of benzene rings is 1. The van der Waals surface area contributed by atoms with Crippen LogP contribution in [0, 0.1) is 0 Å². The number of methoxy groups -OCH3 is 1. The molecule has 0 saturated heterocycles. The Bertz CT molecular complexity index is 325. The summed E-state index contributed by atoms with van der Waals surface area (Å²) in [6, 6.07) is 5.55. The Hall–Kier alpha value is -0.765. The van der Waals surface area contributed by atoms with E-state index in [9.17, 15) is 4.79 Å². The molecule has 13 heavy (non-hydrogen) atoms. The van der Waals surface area contributed by atoms with Crippen LogP contribution >= 0.6 is 15.9 Å². The number of ether oxygens (including phenoxy) is 1. The molecule has 0 amide bonds. The molecule has 1 aromatic rings. The van der Waals surface area contributed by atoms with Crippen molar-refractivity contribution in [3.63, 3.8) is 0 Å². The molecule has 0 fully saturated rings. The first-order valence-electron chi connectivity index (χ1n) is 3.93. The molecule has 0 radical (unpaired) electrons. The molecular weight excluding hydrogens is 231 g/mol. The van der Waals surface area contributed by atoms with Crippen LogP contribution in [0.25, 0.3) is 0 Å². The van der Waals surface area contributed by atoms with E-state index in [0.717, 1.165) is 5.46 Å². The maximum absolute atomic E-state index is 11.4. The van der Waals surface area contributed by atoms with Gasteiger partial charge in [0.25, 0.3) is 0 Å². The third kappa shape index (κ3) is 2.34. The molecule has 0 aliphatic heterocycles. The predicted octanol–water partition coefficient (Wildman–Crippen LogP) is 0.531. The molecule has 1 aromatic carbocycles. The van der Waals surface area contributed by atoms with Gasteiger partial charge in [0.1, 0.15) is 13.6 Å². The molecule has 0 bridgehead atoms. The number of rotatable bonds is 3. The van der Waals surface area contributed by atoms with Crippen LogP contribution in [0.15, 0.2) is 18.2 Å². The predicted molar refractivity (Wildman–Crippen MR) is 59.3 cm³/mol. The third-order valence-corrected chi connectivity index (χ3v) is 2.29. The van der Waals surface area contributed by atoms with Crippen LogP contribution in [0.5, 0.6) is 5.75 Å². The number of carbonyl (C=O) groups is 1. The minimum atomic E-state index is 0.0388. The Morgan fingerprint density at radius 2 is 2.31 bits per heavy atom. The molecule has 2 nitrogen and oxygen atoms in total. The maximum Gasteiger partial charge on any atom is 0.177 e. The molecule has 0 atom stereocenters. The summed E-state index contributed by atoms with van der Waals surface area (Å²) in [6.45, 7) is 0. The zero-order chi connectivity index (χ0) is 9.84. The molecule has 68 valence electrons. The number of carbonyl (C=O) groups excluding carboxylic acids is 1. The van der Waals surface area contributed by atoms with E-state index in [1.54, 1.807) is 13.2 Å². The molecule has 0 unspecified atom stereocenters. The molecule has 4 heteroatoms. The Kier molecular flexibility index (Phi) is 3.54. The van der Waals surface area contributed by atoms with Crippen LogP contribution in [-0.4, -0.2) is 26.1 Å². The van der Waals surface area contributed by atoms with Gasteiger partial charge in [0.05, 0.1) is 18.0 Å². The van der Waals surface area contributed by atoms with Crippen molar-refractivity contribution in [2.45, 2.75) is 0 Å². The van der Waals surface area contributed by atoms with Crippen molar-refractivity contribution < 1.29 is 9.53 Å². The summed E-state index contributed by atoms with van der Waals surface area (Å²) in [4.78, 5) is 11.4. The van der Waals surface area contributed by atoms with Crippen molar-refractivity contribution in [2.75, 3.05) is 12.4 Å². The van der Waals surface area contributed by atoms with Gasteiger partial charge in [-0.2, -0.15) is 0 Å². The van der Waals surface area contributed by atoms with Gasteiger partial charge in [-0.05, 0) is 12.1 Å². The lowest BCUT2D eigenvalue weighted by Crippen LogP contribution is -2.08. The highest BCUT2D eigenvalue weighted by Gasteiger charge is 2.09. The summed E-state index contributed by atoms with van der Waals surface area (Å²) in [5, 5.41) is 0.326. The lowest BCUT2D eigenvalue weighted by atomic mass is 9.94. The summed E-state index contributed by atoms with van der Waals surface area (Å²) in [5.41, 5.74) is 1.72. The van der Waals surface area contributed by atoms with Crippen LogP contribution in [0.2, 0.25) is 0 Å². The van der Waals surface area contributed by atoms with E-state index in [4.69, 9.17) is 4.74 Å². The second-order valence-corrected chi connectivity index (χ2v) is 3.32.